The highest BCUT2D eigenvalue weighted by Crippen LogP contribution is 2.32. The predicted octanol–water partition coefficient (Wildman–Crippen LogP) is 6.05. The van der Waals surface area contributed by atoms with Crippen LogP contribution in [0.3, 0.4) is 0 Å². The Hall–Kier alpha value is -3.11. The summed E-state index contributed by atoms with van der Waals surface area (Å²) in [5.41, 5.74) is 1.36. The van der Waals surface area contributed by atoms with Crippen LogP contribution in [0.25, 0.3) is 17.4 Å². The minimum Gasteiger partial charge on any atom is -0.457 e. The third-order valence-electron chi connectivity index (χ3n) is 5.50. The Kier molecular flexibility index (Phi) is 8.15. The number of nitrogens with zero attached hydrogens (tertiary/aromatic N) is 3. The molecule has 2 aromatic carbocycles. The SMILES string of the molecule is O=C(/C=C/c1ccc(-c2ccc(Cl)cc2Cl)o1)NC(=S)N1CCN(c2ccc([N+](=O)[O-])cc2Cl)CC1. The van der Waals surface area contributed by atoms with Crippen LogP contribution in [0.2, 0.25) is 15.1 Å². The van der Waals surface area contributed by atoms with E-state index in [0.29, 0.717) is 63.4 Å². The largest absolute Gasteiger partial charge is 0.457 e. The molecule has 0 unspecified atom stereocenters. The summed E-state index contributed by atoms with van der Waals surface area (Å²) >= 11 is 23.8. The van der Waals surface area contributed by atoms with E-state index < -0.39 is 4.92 Å². The number of hydrogen-bond acceptors (Lipinski definition) is 6. The molecule has 0 radical (unpaired) electrons. The van der Waals surface area contributed by atoms with Gasteiger partial charge in [-0.2, -0.15) is 0 Å². The fourth-order valence-corrected chi connectivity index (χ4v) is 4.76. The van der Waals surface area contributed by atoms with Crippen molar-refractivity contribution in [2.24, 2.45) is 0 Å². The number of nitro groups is 1. The minimum atomic E-state index is -0.483. The summed E-state index contributed by atoms with van der Waals surface area (Å²) in [5.74, 6) is 0.646. The van der Waals surface area contributed by atoms with Gasteiger partial charge in [-0.15, -0.1) is 0 Å². The summed E-state index contributed by atoms with van der Waals surface area (Å²) in [6.45, 7) is 2.29. The van der Waals surface area contributed by atoms with Crippen LogP contribution in [-0.4, -0.2) is 47.0 Å². The van der Waals surface area contributed by atoms with E-state index in [1.807, 2.05) is 9.80 Å². The van der Waals surface area contributed by atoms with E-state index >= 15 is 0 Å². The van der Waals surface area contributed by atoms with Crippen LogP contribution < -0.4 is 10.2 Å². The molecule has 2 heterocycles. The van der Waals surface area contributed by atoms with Crippen molar-refractivity contribution in [1.82, 2.24) is 10.2 Å². The molecule has 0 atom stereocenters. The van der Waals surface area contributed by atoms with Gasteiger partial charge in [0.1, 0.15) is 11.5 Å². The van der Waals surface area contributed by atoms with Crippen LogP contribution in [0.4, 0.5) is 11.4 Å². The van der Waals surface area contributed by atoms with Gasteiger partial charge in [-0.1, -0.05) is 34.8 Å². The second-order valence-electron chi connectivity index (χ2n) is 7.82. The number of hydrogen-bond donors (Lipinski definition) is 1. The molecule has 4 rings (SSSR count). The van der Waals surface area contributed by atoms with Crippen molar-refractivity contribution < 1.29 is 14.1 Å². The van der Waals surface area contributed by atoms with Gasteiger partial charge in [0.15, 0.2) is 5.11 Å². The number of carbonyl (C=O) groups is 1. The standard InChI is InChI=1S/C24H19Cl3N4O4S/c25-15-1-5-18(19(26)13-15)22-7-3-17(35-22)4-8-23(32)28-24(36)30-11-9-29(10-12-30)21-6-2-16(31(33)34)14-20(21)27/h1-8,13-14H,9-12H2,(H,28,32,36)/b8-4+. The Morgan fingerprint density at radius 3 is 2.44 bits per heavy atom. The van der Waals surface area contributed by atoms with E-state index in [2.05, 4.69) is 5.32 Å². The fourth-order valence-electron chi connectivity index (χ4n) is 3.68. The number of thiocarbonyl (C=S) groups is 1. The fraction of sp³-hybridized carbons (Fsp3) is 0.167. The highest BCUT2D eigenvalue weighted by molar-refractivity contribution is 7.80. The van der Waals surface area contributed by atoms with E-state index in [-0.39, 0.29) is 11.6 Å². The molecule has 1 amide bonds. The van der Waals surface area contributed by atoms with Gasteiger partial charge in [-0.25, -0.2) is 0 Å². The van der Waals surface area contributed by atoms with Gasteiger partial charge in [0.25, 0.3) is 5.69 Å². The van der Waals surface area contributed by atoms with Crippen LogP contribution >= 0.6 is 47.0 Å². The second kappa shape index (κ2) is 11.3. The lowest BCUT2D eigenvalue weighted by Gasteiger charge is -2.37. The first-order chi connectivity index (χ1) is 17.2. The van der Waals surface area contributed by atoms with Crippen molar-refractivity contribution in [3.63, 3.8) is 0 Å². The Morgan fingerprint density at radius 2 is 1.78 bits per heavy atom. The smallest absolute Gasteiger partial charge is 0.271 e. The molecule has 3 aromatic rings. The third kappa shape index (κ3) is 6.17. The summed E-state index contributed by atoms with van der Waals surface area (Å²) in [6, 6.07) is 13.0. The van der Waals surface area contributed by atoms with Gasteiger partial charge in [-0.05, 0) is 54.7 Å². The van der Waals surface area contributed by atoms with E-state index in [4.69, 9.17) is 51.4 Å². The van der Waals surface area contributed by atoms with E-state index in [1.54, 1.807) is 42.5 Å². The average Bonchev–Trinajstić information content (AvgIpc) is 3.31. The lowest BCUT2D eigenvalue weighted by Crippen LogP contribution is -2.52. The van der Waals surface area contributed by atoms with Crippen molar-refractivity contribution in [3.05, 3.63) is 85.5 Å². The number of carbonyl (C=O) groups excluding carboxylic acids is 1. The number of anilines is 1. The van der Waals surface area contributed by atoms with E-state index in [0.717, 1.165) is 5.69 Å². The summed E-state index contributed by atoms with van der Waals surface area (Å²) < 4.78 is 5.75. The molecule has 1 N–H and O–H groups in total. The van der Waals surface area contributed by atoms with Crippen LogP contribution in [0.5, 0.6) is 0 Å². The van der Waals surface area contributed by atoms with Crippen molar-refractivity contribution in [3.8, 4) is 11.3 Å². The van der Waals surface area contributed by atoms with E-state index in [9.17, 15) is 14.9 Å². The van der Waals surface area contributed by atoms with Gasteiger partial charge in [-0.3, -0.25) is 20.2 Å². The highest BCUT2D eigenvalue weighted by Gasteiger charge is 2.22. The third-order valence-corrected chi connectivity index (χ3v) is 6.71. The Bertz CT molecular complexity index is 1350. The number of piperazine rings is 1. The number of nitro benzene ring substituents is 1. The summed E-state index contributed by atoms with van der Waals surface area (Å²) in [6.07, 6.45) is 2.88. The molecule has 1 saturated heterocycles. The molecule has 36 heavy (non-hydrogen) atoms. The van der Waals surface area contributed by atoms with Crippen molar-refractivity contribution in [2.45, 2.75) is 0 Å². The predicted molar refractivity (Wildman–Crippen MR) is 146 cm³/mol. The lowest BCUT2D eigenvalue weighted by molar-refractivity contribution is -0.384. The van der Waals surface area contributed by atoms with Gasteiger partial charge < -0.3 is 14.2 Å². The highest BCUT2D eigenvalue weighted by atomic mass is 35.5. The van der Waals surface area contributed by atoms with Crippen LogP contribution in [0.15, 0.2) is 59.0 Å². The maximum Gasteiger partial charge on any atom is 0.271 e. The normalized spacial score (nSPS) is 13.8. The molecule has 1 aliphatic heterocycles. The van der Waals surface area contributed by atoms with Crippen molar-refractivity contribution in [2.75, 3.05) is 31.1 Å². The van der Waals surface area contributed by atoms with Gasteiger partial charge >= 0.3 is 0 Å². The first kappa shape index (κ1) is 26.0. The number of non-ortho nitro benzene ring substituents is 1. The number of amides is 1. The molecule has 0 bridgehead atoms. The van der Waals surface area contributed by atoms with Gasteiger partial charge in [0, 0.05) is 55.0 Å². The molecular formula is C24H19Cl3N4O4S. The summed E-state index contributed by atoms with van der Waals surface area (Å²) in [5, 5.41) is 15.2. The first-order valence-corrected chi connectivity index (χ1v) is 12.3. The maximum atomic E-state index is 12.4. The topological polar surface area (TPSA) is 91.9 Å². The Balaban J connectivity index is 1.29. The number of halogens is 3. The minimum absolute atomic E-state index is 0.0566. The van der Waals surface area contributed by atoms with Gasteiger partial charge in [0.05, 0.1) is 20.7 Å². The molecular weight excluding hydrogens is 547 g/mol. The zero-order chi connectivity index (χ0) is 25.8. The van der Waals surface area contributed by atoms with Gasteiger partial charge in [0.2, 0.25) is 5.91 Å². The van der Waals surface area contributed by atoms with Crippen molar-refractivity contribution in [1.29, 1.82) is 0 Å². The number of benzene rings is 2. The van der Waals surface area contributed by atoms with E-state index in [1.165, 1.54) is 18.2 Å². The Labute approximate surface area is 227 Å². The van der Waals surface area contributed by atoms with Crippen LogP contribution in [0.1, 0.15) is 5.76 Å². The molecule has 1 aromatic heterocycles. The molecule has 1 fully saturated rings. The molecule has 1 aliphatic rings. The quantitative estimate of drug-likeness (QED) is 0.174. The average molecular weight is 566 g/mol. The Morgan fingerprint density at radius 1 is 1.03 bits per heavy atom. The lowest BCUT2D eigenvalue weighted by atomic mass is 10.2. The molecule has 8 nitrogen and oxygen atoms in total. The molecule has 186 valence electrons. The van der Waals surface area contributed by atoms with Crippen molar-refractivity contribution >= 4 is 75.5 Å². The monoisotopic (exact) mass is 564 g/mol. The van der Waals surface area contributed by atoms with Crippen LogP contribution in [0, 0.1) is 10.1 Å². The van der Waals surface area contributed by atoms with Crippen LogP contribution in [-0.2, 0) is 4.79 Å². The summed E-state index contributed by atoms with van der Waals surface area (Å²) in [7, 11) is 0. The zero-order valence-electron chi connectivity index (χ0n) is 18.6. The molecule has 12 heteroatoms. The molecule has 0 spiro atoms. The number of furan rings is 1. The zero-order valence-corrected chi connectivity index (χ0v) is 21.7. The second-order valence-corrected chi connectivity index (χ2v) is 9.46. The number of nitrogens with one attached hydrogen (secondary N) is 1. The summed E-state index contributed by atoms with van der Waals surface area (Å²) in [4.78, 5) is 26.7. The maximum absolute atomic E-state index is 12.4. The number of rotatable bonds is 5. The first-order valence-electron chi connectivity index (χ1n) is 10.7. The molecule has 0 aliphatic carbocycles. The molecule has 0 saturated carbocycles.